The van der Waals surface area contributed by atoms with Crippen LogP contribution in [-0.2, 0) is 0 Å². The molecule has 2 N–H and O–H groups in total. The van der Waals surface area contributed by atoms with Gasteiger partial charge in [0.15, 0.2) is 0 Å². The monoisotopic (exact) mass is 483 g/mol. The Kier molecular flexibility index (Phi) is 6.75. The van der Waals surface area contributed by atoms with Gasteiger partial charge in [0.25, 0.3) is 0 Å². The Morgan fingerprint density at radius 3 is 2.61 bits per heavy atom. The SMILES string of the molecule is Cc1ccc([C@@H]2C[C@H](CCN[C@H](C)c3ccc(F)c4ccccc34)Oc3ccccc32)cc1C(=O)O. The lowest BCUT2D eigenvalue weighted by Crippen LogP contribution is -2.31. The fourth-order valence-electron chi connectivity index (χ4n) is 5.31. The van der Waals surface area contributed by atoms with E-state index in [1.54, 1.807) is 0 Å². The zero-order valence-corrected chi connectivity index (χ0v) is 20.5. The van der Waals surface area contributed by atoms with E-state index in [0.29, 0.717) is 10.9 Å². The van der Waals surface area contributed by atoms with E-state index in [9.17, 15) is 14.3 Å². The highest BCUT2D eigenvalue weighted by atomic mass is 19.1. The van der Waals surface area contributed by atoms with Crippen molar-refractivity contribution in [3.63, 3.8) is 0 Å². The lowest BCUT2D eigenvalue weighted by atomic mass is 9.82. The van der Waals surface area contributed by atoms with Gasteiger partial charge in [-0.15, -0.1) is 0 Å². The minimum Gasteiger partial charge on any atom is -0.490 e. The second kappa shape index (κ2) is 10.1. The molecule has 5 rings (SSSR count). The number of carboxylic acids is 1. The number of hydrogen-bond acceptors (Lipinski definition) is 3. The van der Waals surface area contributed by atoms with Gasteiger partial charge in [0.1, 0.15) is 17.7 Å². The standard InChI is InChI=1S/C31H30FNO3/c1-19-11-12-21(17-27(19)31(34)35)28-18-22(36-30-10-6-5-9-26(28)30)15-16-33-20(2)23-13-14-29(32)25-8-4-3-7-24(23)25/h3-14,17,20,22,28,33H,15-16,18H2,1-2H3,(H,34,35)/t20-,22+,28+/m1/s1. The number of nitrogens with one attached hydrogen (secondary N) is 1. The van der Waals surface area contributed by atoms with Crippen LogP contribution in [0, 0.1) is 12.7 Å². The van der Waals surface area contributed by atoms with Crippen molar-refractivity contribution in [2.24, 2.45) is 0 Å². The van der Waals surface area contributed by atoms with Crippen molar-refractivity contribution in [3.8, 4) is 5.75 Å². The lowest BCUT2D eigenvalue weighted by molar-refractivity contribution is 0.0696. The van der Waals surface area contributed by atoms with Gasteiger partial charge < -0.3 is 15.2 Å². The summed E-state index contributed by atoms with van der Waals surface area (Å²) in [5, 5.41) is 14.8. The van der Waals surface area contributed by atoms with E-state index >= 15 is 0 Å². The molecule has 4 aromatic carbocycles. The van der Waals surface area contributed by atoms with Crippen molar-refractivity contribution in [1.29, 1.82) is 0 Å². The number of aryl methyl sites for hydroxylation is 1. The Hall–Kier alpha value is -3.70. The molecule has 3 atom stereocenters. The first-order valence-electron chi connectivity index (χ1n) is 12.4. The molecule has 0 amide bonds. The molecule has 0 aliphatic carbocycles. The molecular weight excluding hydrogens is 453 g/mol. The summed E-state index contributed by atoms with van der Waals surface area (Å²) in [4.78, 5) is 11.7. The maximum Gasteiger partial charge on any atom is 0.335 e. The van der Waals surface area contributed by atoms with E-state index in [1.165, 1.54) is 6.07 Å². The molecule has 4 aromatic rings. The molecule has 184 valence electrons. The summed E-state index contributed by atoms with van der Waals surface area (Å²) in [5.41, 5.74) is 4.26. The van der Waals surface area contributed by atoms with Crippen LogP contribution in [0.2, 0.25) is 0 Å². The van der Waals surface area contributed by atoms with E-state index in [4.69, 9.17) is 4.74 Å². The maximum atomic E-state index is 14.2. The number of benzene rings is 4. The molecule has 1 aliphatic rings. The highest BCUT2D eigenvalue weighted by Crippen LogP contribution is 2.41. The number of halogens is 1. The van der Waals surface area contributed by atoms with Crippen molar-refractivity contribution >= 4 is 16.7 Å². The Labute approximate surface area is 210 Å². The Balaban J connectivity index is 1.32. The average molecular weight is 484 g/mol. The van der Waals surface area contributed by atoms with Gasteiger partial charge in [-0.3, -0.25) is 0 Å². The number of carboxylic acid groups (broad SMARTS) is 1. The van der Waals surface area contributed by atoms with E-state index < -0.39 is 5.97 Å². The molecule has 1 aliphatic heterocycles. The normalized spacial score (nSPS) is 17.9. The number of carbonyl (C=O) groups is 1. The van der Waals surface area contributed by atoms with E-state index in [0.717, 1.165) is 52.8 Å². The van der Waals surface area contributed by atoms with Gasteiger partial charge in [0.2, 0.25) is 0 Å². The van der Waals surface area contributed by atoms with Gasteiger partial charge in [-0.25, -0.2) is 9.18 Å². The molecule has 0 unspecified atom stereocenters. The van der Waals surface area contributed by atoms with Crippen molar-refractivity contribution < 1.29 is 19.0 Å². The molecular formula is C31H30FNO3. The summed E-state index contributed by atoms with van der Waals surface area (Å²) >= 11 is 0. The molecule has 5 heteroatoms. The molecule has 36 heavy (non-hydrogen) atoms. The van der Waals surface area contributed by atoms with Gasteiger partial charge in [-0.1, -0.05) is 60.7 Å². The predicted octanol–water partition coefficient (Wildman–Crippen LogP) is 7.01. The summed E-state index contributed by atoms with van der Waals surface area (Å²) in [6.45, 7) is 4.66. The van der Waals surface area contributed by atoms with Crippen LogP contribution in [-0.4, -0.2) is 23.7 Å². The van der Waals surface area contributed by atoms with Crippen LogP contribution >= 0.6 is 0 Å². The van der Waals surface area contributed by atoms with Gasteiger partial charge in [0.05, 0.1) is 5.56 Å². The smallest absolute Gasteiger partial charge is 0.335 e. The third-order valence-corrected chi connectivity index (χ3v) is 7.27. The van der Waals surface area contributed by atoms with Crippen LogP contribution in [0.15, 0.2) is 78.9 Å². The molecule has 0 radical (unpaired) electrons. The van der Waals surface area contributed by atoms with Crippen LogP contribution in [0.25, 0.3) is 10.8 Å². The van der Waals surface area contributed by atoms with Crippen LogP contribution in [0.3, 0.4) is 0 Å². The molecule has 0 aromatic heterocycles. The van der Waals surface area contributed by atoms with E-state index in [-0.39, 0.29) is 23.9 Å². The molecule has 0 fully saturated rings. The summed E-state index contributed by atoms with van der Waals surface area (Å²) in [5.74, 6) is -0.187. The highest BCUT2D eigenvalue weighted by molar-refractivity contribution is 5.89. The Morgan fingerprint density at radius 1 is 1.06 bits per heavy atom. The number of para-hydroxylation sites is 1. The molecule has 0 bridgehead atoms. The Bertz CT molecular complexity index is 1420. The van der Waals surface area contributed by atoms with Crippen LogP contribution in [0.5, 0.6) is 5.75 Å². The molecule has 0 spiro atoms. The minimum atomic E-state index is -0.905. The van der Waals surface area contributed by atoms with Gasteiger partial charge >= 0.3 is 5.97 Å². The van der Waals surface area contributed by atoms with E-state index in [2.05, 4.69) is 18.3 Å². The lowest BCUT2D eigenvalue weighted by Gasteiger charge is -2.33. The first-order chi connectivity index (χ1) is 17.4. The molecule has 0 saturated carbocycles. The maximum absolute atomic E-state index is 14.2. The fraction of sp³-hybridized carbons (Fsp3) is 0.258. The fourth-order valence-corrected chi connectivity index (χ4v) is 5.31. The van der Waals surface area contributed by atoms with Crippen LogP contribution in [0.1, 0.15) is 64.3 Å². The summed E-state index contributed by atoms with van der Waals surface area (Å²) in [6.07, 6.45) is 1.56. The number of rotatable bonds is 7. The zero-order chi connectivity index (χ0) is 25.2. The van der Waals surface area contributed by atoms with Crippen molar-refractivity contribution in [1.82, 2.24) is 5.32 Å². The number of hydrogen-bond donors (Lipinski definition) is 2. The number of aromatic carboxylic acids is 1. The third-order valence-electron chi connectivity index (χ3n) is 7.27. The Morgan fingerprint density at radius 2 is 1.81 bits per heavy atom. The third kappa shape index (κ3) is 4.71. The first-order valence-corrected chi connectivity index (χ1v) is 12.4. The second-order valence-corrected chi connectivity index (χ2v) is 9.59. The first kappa shape index (κ1) is 24.0. The predicted molar refractivity (Wildman–Crippen MR) is 140 cm³/mol. The van der Waals surface area contributed by atoms with Crippen molar-refractivity contribution in [2.75, 3.05) is 6.54 Å². The quantitative estimate of drug-likeness (QED) is 0.297. The van der Waals surface area contributed by atoms with Crippen molar-refractivity contribution in [3.05, 3.63) is 112 Å². The molecule has 0 saturated heterocycles. The number of fused-ring (bicyclic) bond motifs is 2. The van der Waals surface area contributed by atoms with Gasteiger partial charge in [-0.2, -0.15) is 0 Å². The summed E-state index contributed by atoms with van der Waals surface area (Å²) in [7, 11) is 0. The zero-order valence-electron chi connectivity index (χ0n) is 20.5. The largest absolute Gasteiger partial charge is 0.490 e. The van der Waals surface area contributed by atoms with Crippen LogP contribution in [0.4, 0.5) is 4.39 Å². The molecule has 4 nitrogen and oxygen atoms in total. The number of ether oxygens (including phenoxy) is 1. The minimum absolute atomic E-state index is 0.0101. The van der Waals surface area contributed by atoms with E-state index in [1.807, 2.05) is 73.7 Å². The van der Waals surface area contributed by atoms with Gasteiger partial charge in [0, 0.05) is 22.9 Å². The molecule has 1 heterocycles. The highest BCUT2D eigenvalue weighted by Gasteiger charge is 2.30. The second-order valence-electron chi connectivity index (χ2n) is 9.59. The van der Waals surface area contributed by atoms with Gasteiger partial charge in [-0.05, 0) is 73.5 Å². The van der Waals surface area contributed by atoms with Crippen LogP contribution < -0.4 is 10.1 Å². The topological polar surface area (TPSA) is 58.6 Å². The summed E-state index contributed by atoms with van der Waals surface area (Å²) in [6, 6.07) is 24.8. The summed E-state index contributed by atoms with van der Waals surface area (Å²) < 4.78 is 20.6. The van der Waals surface area contributed by atoms with Crippen molar-refractivity contribution in [2.45, 2.75) is 44.8 Å². The average Bonchev–Trinajstić information content (AvgIpc) is 2.88.